The normalized spacial score (nSPS) is 10.3. The van der Waals surface area contributed by atoms with E-state index in [1.165, 1.54) is 0 Å². The van der Waals surface area contributed by atoms with E-state index >= 15 is 0 Å². The Morgan fingerprint density at radius 2 is 1.96 bits per heavy atom. The molecule has 2 aromatic rings. The Labute approximate surface area is 144 Å². The maximum atomic E-state index is 13.6. The summed E-state index contributed by atoms with van der Waals surface area (Å²) >= 11 is 0. The maximum absolute atomic E-state index is 13.6. The van der Waals surface area contributed by atoms with Crippen molar-refractivity contribution in [3.63, 3.8) is 0 Å². The number of nitrogens with zero attached hydrogens (tertiary/aromatic N) is 1. The van der Waals surface area contributed by atoms with E-state index in [1.807, 2.05) is 24.3 Å². The summed E-state index contributed by atoms with van der Waals surface area (Å²) in [5.41, 5.74) is 1.53. The lowest BCUT2D eigenvalue weighted by Crippen LogP contribution is -2.30. The van der Waals surface area contributed by atoms with Crippen LogP contribution >= 0.6 is 0 Å². The summed E-state index contributed by atoms with van der Waals surface area (Å²) in [5, 5.41) is 16.0. The number of amides is 1. The number of nitro benzene ring substituents is 1. The van der Waals surface area contributed by atoms with Gasteiger partial charge in [0.25, 0.3) is 5.69 Å². The molecule has 0 spiro atoms. The molecule has 0 fully saturated rings. The molecule has 1 amide bonds. The molecule has 0 aliphatic carbocycles. The molecule has 0 heterocycles. The molecule has 25 heavy (non-hydrogen) atoms. The average molecular weight is 347 g/mol. The van der Waals surface area contributed by atoms with Gasteiger partial charge in [0.2, 0.25) is 5.91 Å². The van der Waals surface area contributed by atoms with Gasteiger partial charge in [-0.2, -0.15) is 0 Å². The molecule has 0 radical (unpaired) electrons. The van der Waals surface area contributed by atoms with Gasteiger partial charge in [-0.25, -0.2) is 4.39 Å². The molecule has 0 aliphatic heterocycles. The van der Waals surface area contributed by atoms with Crippen LogP contribution in [-0.2, 0) is 22.7 Å². The van der Waals surface area contributed by atoms with E-state index in [-0.39, 0.29) is 23.8 Å². The van der Waals surface area contributed by atoms with Gasteiger partial charge in [0.05, 0.1) is 23.8 Å². The van der Waals surface area contributed by atoms with Crippen molar-refractivity contribution in [3.05, 3.63) is 69.5 Å². The predicted molar refractivity (Wildman–Crippen MR) is 90.5 cm³/mol. The van der Waals surface area contributed by atoms with Gasteiger partial charge in [-0.05, 0) is 17.2 Å². The minimum absolute atomic E-state index is 0.0934. The Hall–Kier alpha value is -3.00. The van der Waals surface area contributed by atoms with Gasteiger partial charge in [-0.1, -0.05) is 24.3 Å². The number of ether oxygens (including phenoxy) is 1. The van der Waals surface area contributed by atoms with Crippen LogP contribution in [0.25, 0.3) is 0 Å². The first-order valence-corrected chi connectivity index (χ1v) is 7.51. The van der Waals surface area contributed by atoms with E-state index in [4.69, 9.17) is 4.74 Å². The van der Waals surface area contributed by atoms with Crippen LogP contribution in [-0.4, -0.2) is 24.5 Å². The summed E-state index contributed by atoms with van der Waals surface area (Å²) in [4.78, 5) is 22.0. The Bertz CT molecular complexity index is 767. The SMILES string of the molecule is COCc1ccccc1CNC(=O)CNc1cc([N+](=O)[O-])ccc1F. The van der Waals surface area contributed by atoms with Crippen molar-refractivity contribution in [2.45, 2.75) is 13.2 Å². The molecule has 2 rings (SSSR count). The van der Waals surface area contributed by atoms with E-state index in [9.17, 15) is 19.3 Å². The largest absolute Gasteiger partial charge is 0.380 e. The number of nitro groups is 1. The highest BCUT2D eigenvalue weighted by molar-refractivity contribution is 5.80. The van der Waals surface area contributed by atoms with Crippen LogP contribution in [0.5, 0.6) is 0 Å². The predicted octanol–water partition coefficient (Wildman–Crippen LogP) is 2.61. The van der Waals surface area contributed by atoms with E-state index < -0.39 is 10.7 Å². The van der Waals surface area contributed by atoms with Gasteiger partial charge >= 0.3 is 0 Å². The van der Waals surface area contributed by atoms with E-state index in [0.717, 1.165) is 29.3 Å². The van der Waals surface area contributed by atoms with Crippen LogP contribution < -0.4 is 10.6 Å². The number of hydrogen-bond acceptors (Lipinski definition) is 5. The van der Waals surface area contributed by atoms with E-state index in [0.29, 0.717) is 13.2 Å². The number of halogens is 1. The second-order valence-corrected chi connectivity index (χ2v) is 5.25. The van der Waals surface area contributed by atoms with Crippen molar-refractivity contribution in [1.29, 1.82) is 0 Å². The van der Waals surface area contributed by atoms with Crippen LogP contribution in [0.15, 0.2) is 42.5 Å². The number of carbonyl (C=O) groups excluding carboxylic acids is 1. The van der Waals surface area contributed by atoms with Crippen molar-refractivity contribution in [3.8, 4) is 0 Å². The fourth-order valence-corrected chi connectivity index (χ4v) is 2.22. The summed E-state index contributed by atoms with van der Waals surface area (Å²) in [6.45, 7) is 0.533. The minimum Gasteiger partial charge on any atom is -0.380 e. The Kier molecular flexibility index (Phi) is 6.41. The van der Waals surface area contributed by atoms with Gasteiger partial charge in [0, 0.05) is 25.8 Å². The molecule has 0 unspecified atom stereocenters. The summed E-state index contributed by atoms with van der Waals surface area (Å²) < 4.78 is 18.7. The number of methoxy groups -OCH3 is 1. The lowest BCUT2D eigenvalue weighted by Gasteiger charge is -2.11. The van der Waals surface area contributed by atoms with Crippen LogP contribution in [0.3, 0.4) is 0 Å². The summed E-state index contributed by atoms with van der Waals surface area (Å²) in [7, 11) is 1.59. The molecule has 7 nitrogen and oxygen atoms in total. The van der Waals surface area contributed by atoms with Crippen molar-refractivity contribution in [2.75, 3.05) is 19.0 Å². The topological polar surface area (TPSA) is 93.5 Å². The molecule has 2 aromatic carbocycles. The average Bonchev–Trinajstić information content (AvgIpc) is 2.60. The van der Waals surface area contributed by atoms with Gasteiger partial charge in [0.15, 0.2) is 0 Å². The van der Waals surface area contributed by atoms with E-state index in [2.05, 4.69) is 10.6 Å². The first kappa shape index (κ1) is 18.3. The highest BCUT2D eigenvalue weighted by Crippen LogP contribution is 2.20. The van der Waals surface area contributed by atoms with Gasteiger partial charge in [-0.3, -0.25) is 14.9 Å². The quantitative estimate of drug-likeness (QED) is 0.565. The van der Waals surface area contributed by atoms with Crippen LogP contribution in [0, 0.1) is 15.9 Å². The second kappa shape index (κ2) is 8.74. The lowest BCUT2D eigenvalue weighted by atomic mass is 10.1. The summed E-state index contributed by atoms with van der Waals surface area (Å²) in [5.74, 6) is -1.03. The summed E-state index contributed by atoms with van der Waals surface area (Å²) in [6.07, 6.45) is 0. The number of anilines is 1. The number of benzene rings is 2. The fraction of sp³-hybridized carbons (Fsp3) is 0.235. The zero-order valence-corrected chi connectivity index (χ0v) is 13.6. The Morgan fingerprint density at radius 3 is 2.64 bits per heavy atom. The van der Waals surface area contributed by atoms with Crippen LogP contribution in [0.2, 0.25) is 0 Å². The third kappa shape index (κ3) is 5.25. The molecule has 132 valence electrons. The highest BCUT2D eigenvalue weighted by atomic mass is 19.1. The molecule has 0 aromatic heterocycles. The number of rotatable bonds is 8. The van der Waals surface area contributed by atoms with Crippen molar-refractivity contribution in [2.24, 2.45) is 0 Å². The molecule has 8 heteroatoms. The van der Waals surface area contributed by atoms with Crippen molar-refractivity contribution >= 4 is 17.3 Å². The van der Waals surface area contributed by atoms with Crippen LogP contribution in [0.4, 0.5) is 15.8 Å². The molecule has 2 N–H and O–H groups in total. The smallest absolute Gasteiger partial charge is 0.271 e. The first-order chi connectivity index (χ1) is 12.0. The molecular formula is C17H18FN3O4. The third-order valence-corrected chi connectivity index (χ3v) is 3.49. The number of nitrogens with one attached hydrogen (secondary N) is 2. The number of non-ortho nitro benzene ring substituents is 1. The monoisotopic (exact) mass is 347 g/mol. The standard InChI is InChI=1S/C17H18FN3O4/c1-25-11-13-5-3-2-4-12(13)9-20-17(22)10-19-16-8-14(21(23)24)6-7-15(16)18/h2-8,19H,9-11H2,1H3,(H,20,22). The molecule has 0 atom stereocenters. The Balaban J connectivity index is 1.91. The van der Waals surface area contributed by atoms with Crippen LogP contribution in [0.1, 0.15) is 11.1 Å². The maximum Gasteiger partial charge on any atom is 0.271 e. The fourth-order valence-electron chi connectivity index (χ4n) is 2.22. The van der Waals surface area contributed by atoms with Crippen molar-refractivity contribution in [1.82, 2.24) is 5.32 Å². The number of hydrogen-bond donors (Lipinski definition) is 2. The zero-order chi connectivity index (χ0) is 18.2. The molecule has 0 bridgehead atoms. The number of carbonyl (C=O) groups is 1. The molecule has 0 saturated carbocycles. The zero-order valence-electron chi connectivity index (χ0n) is 13.6. The highest BCUT2D eigenvalue weighted by Gasteiger charge is 2.12. The molecule has 0 saturated heterocycles. The molecule has 0 aliphatic rings. The van der Waals surface area contributed by atoms with Gasteiger partial charge in [0.1, 0.15) is 5.82 Å². The third-order valence-electron chi connectivity index (χ3n) is 3.49. The first-order valence-electron chi connectivity index (χ1n) is 7.51. The lowest BCUT2D eigenvalue weighted by molar-refractivity contribution is -0.384. The second-order valence-electron chi connectivity index (χ2n) is 5.25. The summed E-state index contributed by atoms with van der Waals surface area (Å²) in [6, 6.07) is 10.6. The van der Waals surface area contributed by atoms with Gasteiger partial charge < -0.3 is 15.4 Å². The Morgan fingerprint density at radius 1 is 1.24 bits per heavy atom. The molecular weight excluding hydrogens is 329 g/mol. The van der Waals surface area contributed by atoms with Gasteiger partial charge in [-0.15, -0.1) is 0 Å². The van der Waals surface area contributed by atoms with Crippen molar-refractivity contribution < 1.29 is 18.8 Å². The minimum atomic E-state index is -0.663. The van der Waals surface area contributed by atoms with E-state index in [1.54, 1.807) is 7.11 Å².